The molecule has 36 heavy (non-hydrogen) atoms. The first-order chi connectivity index (χ1) is 17.1. The lowest BCUT2D eigenvalue weighted by atomic mass is 10.2. The van der Waals surface area contributed by atoms with E-state index in [0.717, 1.165) is 11.6 Å². The highest BCUT2D eigenvalue weighted by Crippen LogP contribution is 2.62. The van der Waals surface area contributed by atoms with Gasteiger partial charge < -0.3 is 18.9 Å². The molecule has 3 rings (SSSR count). The minimum atomic E-state index is -5.05. The van der Waals surface area contributed by atoms with Crippen molar-refractivity contribution in [2.75, 3.05) is 19.8 Å². The van der Waals surface area contributed by atoms with Crippen LogP contribution in [0.3, 0.4) is 0 Å². The summed E-state index contributed by atoms with van der Waals surface area (Å²) in [6, 6.07) is 12.6. The molecule has 0 aliphatic heterocycles. The third-order valence-electron chi connectivity index (χ3n) is 4.86. The van der Waals surface area contributed by atoms with Crippen LogP contribution in [0.15, 0.2) is 52.9 Å². The number of oxazole rings is 1. The van der Waals surface area contributed by atoms with E-state index in [1.54, 1.807) is 6.92 Å². The van der Waals surface area contributed by atoms with Crippen molar-refractivity contribution in [2.24, 2.45) is 0 Å². The average molecular weight is 543 g/mol. The topological polar surface area (TPSA) is 138 Å². The van der Waals surface area contributed by atoms with Crippen molar-refractivity contribution in [1.82, 2.24) is 4.98 Å². The Labute approximate surface area is 208 Å². The first-order valence-corrected chi connectivity index (χ1v) is 14.3. The van der Waals surface area contributed by atoms with Gasteiger partial charge in [0.1, 0.15) is 5.76 Å². The van der Waals surface area contributed by atoms with Crippen molar-refractivity contribution in [2.45, 2.75) is 33.0 Å². The molecule has 1 heterocycles. The van der Waals surface area contributed by atoms with Gasteiger partial charge >= 0.3 is 15.4 Å². The Morgan fingerprint density at radius 2 is 1.72 bits per heavy atom. The van der Waals surface area contributed by atoms with Crippen molar-refractivity contribution in [1.29, 1.82) is 0 Å². The number of phosphoric ester groups is 1. The molecule has 196 valence electrons. The van der Waals surface area contributed by atoms with Crippen LogP contribution in [0.25, 0.3) is 11.5 Å². The lowest BCUT2D eigenvalue weighted by molar-refractivity contribution is 0.0996. The van der Waals surface area contributed by atoms with E-state index >= 15 is 0 Å². The number of aryl methyl sites for hydroxylation is 1. The Balaban J connectivity index is 1.71. The zero-order chi connectivity index (χ0) is 26.3. The molecule has 3 aromatic rings. The Morgan fingerprint density at radius 3 is 2.31 bits per heavy atom. The van der Waals surface area contributed by atoms with Gasteiger partial charge in [-0.1, -0.05) is 24.3 Å². The molecule has 0 bridgehead atoms. The maximum Gasteiger partial charge on any atom is 0.475 e. The number of hydrogen-bond acceptors (Lipinski definition) is 8. The second-order valence-corrected chi connectivity index (χ2v) is 10.8. The molecule has 0 amide bonds. The third kappa shape index (κ3) is 7.33. The molecule has 0 saturated carbocycles. The van der Waals surface area contributed by atoms with Crippen LogP contribution in [0, 0.1) is 12.7 Å². The molecule has 0 aliphatic carbocycles. The fourth-order valence-corrected chi connectivity index (χ4v) is 5.84. The summed E-state index contributed by atoms with van der Waals surface area (Å²) >= 11 is 0. The number of ether oxygens (including phenoxy) is 1. The van der Waals surface area contributed by atoms with Crippen LogP contribution in [0.1, 0.15) is 36.7 Å². The van der Waals surface area contributed by atoms with E-state index in [2.05, 4.69) is 4.98 Å². The fraction of sp³-hybridized carbons (Fsp3) is 0.348. The Bertz CT molecular complexity index is 1240. The summed E-state index contributed by atoms with van der Waals surface area (Å²) < 4.78 is 65.6. The predicted octanol–water partition coefficient (Wildman–Crippen LogP) is 5.78. The normalized spacial score (nSPS) is 13.1. The second-order valence-electron chi connectivity index (χ2n) is 7.51. The predicted molar refractivity (Wildman–Crippen MR) is 129 cm³/mol. The second kappa shape index (κ2) is 12.3. The zero-order valence-corrected chi connectivity index (χ0v) is 21.8. The molecular weight excluding hydrogens is 515 g/mol. The van der Waals surface area contributed by atoms with Gasteiger partial charge in [0.05, 0.1) is 25.5 Å². The minimum absolute atomic E-state index is 0.0696. The van der Waals surface area contributed by atoms with Gasteiger partial charge in [-0.25, -0.2) is 13.9 Å². The number of nitrogens with zero attached hydrogens (tertiary/aromatic N) is 1. The highest BCUT2D eigenvalue weighted by molar-refractivity contribution is 7.54. The van der Waals surface area contributed by atoms with E-state index in [-0.39, 0.29) is 31.1 Å². The molecule has 2 aromatic carbocycles. The summed E-state index contributed by atoms with van der Waals surface area (Å²) in [5.74, 6) is -2.02. The molecular formula is C23H28FNO9P2. The van der Waals surface area contributed by atoms with E-state index in [0.29, 0.717) is 23.8 Å². The summed E-state index contributed by atoms with van der Waals surface area (Å²) in [6.07, 6.45) is 0.337. The number of benzene rings is 2. The van der Waals surface area contributed by atoms with Crippen molar-refractivity contribution in [3.05, 3.63) is 71.4 Å². The molecule has 0 spiro atoms. The highest BCUT2D eigenvalue weighted by atomic mass is 31.2. The first kappa shape index (κ1) is 28.2. The molecule has 0 radical (unpaired) electrons. The zero-order valence-electron chi connectivity index (χ0n) is 20.0. The molecule has 10 nitrogen and oxygen atoms in total. The monoisotopic (exact) mass is 543 g/mol. The standard InChI is InChI=1S/C23H28FNO9P2/c1-4-31-36(29,32-5-2)34-23(35(26,27)28)18-11-12-21(19(24)15-18)30-14-13-20-16(3)33-22(25-20)17-9-7-6-8-10-17/h6-12,15,23H,4-5,13-14H2,1-3H3,(H2,26,27,28). The summed E-state index contributed by atoms with van der Waals surface area (Å²) in [6.45, 7) is 4.68. The van der Waals surface area contributed by atoms with Gasteiger partial charge in [0, 0.05) is 12.0 Å². The minimum Gasteiger partial charge on any atom is -0.490 e. The van der Waals surface area contributed by atoms with Gasteiger partial charge in [-0.3, -0.25) is 18.1 Å². The van der Waals surface area contributed by atoms with E-state index in [1.165, 1.54) is 26.0 Å². The van der Waals surface area contributed by atoms with E-state index in [9.17, 15) is 23.3 Å². The molecule has 0 fully saturated rings. The van der Waals surface area contributed by atoms with Crippen LogP contribution in [-0.2, 0) is 29.1 Å². The Morgan fingerprint density at radius 1 is 1.06 bits per heavy atom. The smallest absolute Gasteiger partial charge is 0.475 e. The molecule has 0 saturated heterocycles. The SMILES string of the molecule is CCOP(=O)(OCC)OC(c1ccc(OCCc2nc(-c3ccccc3)oc2C)c(F)c1)P(=O)(O)O. The first-order valence-electron chi connectivity index (χ1n) is 11.1. The van der Waals surface area contributed by atoms with Gasteiger partial charge in [-0.05, 0) is 50.6 Å². The van der Waals surface area contributed by atoms with Gasteiger partial charge in [0.25, 0.3) is 0 Å². The van der Waals surface area contributed by atoms with Crippen LogP contribution in [0.4, 0.5) is 4.39 Å². The van der Waals surface area contributed by atoms with Crippen LogP contribution in [0.5, 0.6) is 5.75 Å². The summed E-state index contributed by atoms with van der Waals surface area (Å²) in [4.78, 5) is 24.0. The Kier molecular flexibility index (Phi) is 9.60. The molecule has 1 atom stereocenters. The Hall–Kier alpha value is -2.36. The number of rotatable bonds is 13. The number of phosphoric acid groups is 1. The molecule has 0 aliphatic rings. The largest absolute Gasteiger partial charge is 0.490 e. The van der Waals surface area contributed by atoms with Crippen molar-refractivity contribution in [3.63, 3.8) is 0 Å². The van der Waals surface area contributed by atoms with Gasteiger partial charge in [0.15, 0.2) is 17.4 Å². The van der Waals surface area contributed by atoms with Crippen molar-refractivity contribution >= 4 is 15.4 Å². The maximum absolute atomic E-state index is 14.8. The lowest BCUT2D eigenvalue weighted by Crippen LogP contribution is -2.09. The van der Waals surface area contributed by atoms with Gasteiger partial charge in [-0.2, -0.15) is 0 Å². The van der Waals surface area contributed by atoms with Crippen LogP contribution in [-0.4, -0.2) is 34.6 Å². The number of hydrogen-bond donors (Lipinski definition) is 2. The van der Waals surface area contributed by atoms with E-state index in [1.807, 2.05) is 30.3 Å². The molecule has 1 aromatic heterocycles. The highest BCUT2D eigenvalue weighted by Gasteiger charge is 2.40. The average Bonchev–Trinajstić information content (AvgIpc) is 3.19. The van der Waals surface area contributed by atoms with Crippen molar-refractivity contribution < 1.29 is 46.0 Å². The molecule has 2 N–H and O–H groups in total. The summed E-state index contributed by atoms with van der Waals surface area (Å²) in [5, 5.41) is 0. The summed E-state index contributed by atoms with van der Waals surface area (Å²) in [7, 11) is -9.35. The van der Waals surface area contributed by atoms with Gasteiger partial charge in [0.2, 0.25) is 5.89 Å². The summed E-state index contributed by atoms with van der Waals surface area (Å²) in [5.41, 5.74) is 1.23. The third-order valence-corrected chi connectivity index (χ3v) is 7.66. The number of halogens is 1. The maximum atomic E-state index is 14.8. The lowest BCUT2D eigenvalue weighted by Gasteiger charge is -2.24. The molecule has 13 heteroatoms. The van der Waals surface area contributed by atoms with E-state index < -0.39 is 27.1 Å². The number of aromatic nitrogens is 1. The van der Waals surface area contributed by atoms with Gasteiger partial charge in [-0.15, -0.1) is 0 Å². The van der Waals surface area contributed by atoms with Crippen molar-refractivity contribution in [3.8, 4) is 17.2 Å². The van der Waals surface area contributed by atoms with Crippen LogP contribution < -0.4 is 4.74 Å². The molecule has 1 unspecified atom stereocenters. The fourth-order valence-electron chi connectivity index (χ4n) is 3.26. The van der Waals surface area contributed by atoms with Crippen LogP contribution in [0.2, 0.25) is 0 Å². The quantitative estimate of drug-likeness (QED) is 0.255. The van der Waals surface area contributed by atoms with Crippen LogP contribution >= 0.6 is 15.4 Å². The van der Waals surface area contributed by atoms with E-state index in [4.69, 9.17) is 22.7 Å².